The van der Waals surface area contributed by atoms with Crippen LogP contribution in [0.15, 0.2) is 60.8 Å². The summed E-state index contributed by atoms with van der Waals surface area (Å²) in [6.45, 7) is 0.556. The fourth-order valence-electron chi connectivity index (χ4n) is 5.84. The van der Waals surface area contributed by atoms with Gasteiger partial charge in [-0.3, -0.25) is 19.5 Å². The van der Waals surface area contributed by atoms with Crippen LogP contribution in [0.2, 0.25) is 0 Å². The SMILES string of the molecule is O=C(CNC(=O)c1cccc(C(F)(F)F)c1)NC1CN(C2CCC(c3ccnc4ccccc34)CC2)C[C@@H]1O. The van der Waals surface area contributed by atoms with Gasteiger partial charge in [0.25, 0.3) is 5.91 Å². The Bertz CT molecular complexity index is 1340. The Labute approximate surface area is 224 Å². The van der Waals surface area contributed by atoms with E-state index in [0.29, 0.717) is 25.0 Å². The molecule has 0 bridgehead atoms. The van der Waals surface area contributed by atoms with E-state index in [1.54, 1.807) is 0 Å². The van der Waals surface area contributed by atoms with Gasteiger partial charge >= 0.3 is 6.18 Å². The Morgan fingerprint density at radius 1 is 1.00 bits per heavy atom. The molecule has 206 valence electrons. The molecule has 2 aromatic carbocycles. The average Bonchev–Trinajstić information content (AvgIpc) is 3.30. The number of hydrogen-bond donors (Lipinski definition) is 3. The van der Waals surface area contributed by atoms with Crippen molar-refractivity contribution in [1.29, 1.82) is 0 Å². The van der Waals surface area contributed by atoms with Gasteiger partial charge in [0.1, 0.15) is 0 Å². The second-order valence-corrected chi connectivity index (χ2v) is 10.4. The number of aliphatic hydroxyl groups is 1. The lowest BCUT2D eigenvalue weighted by Crippen LogP contribution is -2.47. The number of hydrogen-bond acceptors (Lipinski definition) is 5. The monoisotopic (exact) mass is 540 g/mol. The Morgan fingerprint density at radius 2 is 1.77 bits per heavy atom. The van der Waals surface area contributed by atoms with E-state index in [4.69, 9.17) is 0 Å². The fraction of sp³-hybridized carbons (Fsp3) is 0.414. The number of β-amino-alcohol motifs (C(OH)–C–C–N with tert-alkyl or cyclic N) is 1. The topological polar surface area (TPSA) is 94.6 Å². The van der Waals surface area contributed by atoms with Crippen molar-refractivity contribution in [3.05, 3.63) is 77.5 Å². The molecule has 39 heavy (non-hydrogen) atoms. The summed E-state index contributed by atoms with van der Waals surface area (Å²) in [6.07, 6.45) is 0.604. The number of benzene rings is 2. The number of para-hydroxylation sites is 1. The highest BCUT2D eigenvalue weighted by Gasteiger charge is 2.37. The highest BCUT2D eigenvalue weighted by Crippen LogP contribution is 2.38. The minimum absolute atomic E-state index is 0.180. The van der Waals surface area contributed by atoms with Gasteiger partial charge in [0.15, 0.2) is 0 Å². The number of aliphatic hydroxyl groups excluding tert-OH is 1. The first-order valence-electron chi connectivity index (χ1n) is 13.2. The molecule has 7 nitrogen and oxygen atoms in total. The molecular formula is C29H31F3N4O3. The molecule has 1 saturated heterocycles. The van der Waals surface area contributed by atoms with Crippen LogP contribution < -0.4 is 10.6 Å². The summed E-state index contributed by atoms with van der Waals surface area (Å²) in [6, 6.07) is 14.2. The van der Waals surface area contributed by atoms with Gasteiger partial charge in [0.2, 0.25) is 5.91 Å². The van der Waals surface area contributed by atoms with Gasteiger partial charge in [-0.2, -0.15) is 13.2 Å². The van der Waals surface area contributed by atoms with Crippen LogP contribution >= 0.6 is 0 Å². The van der Waals surface area contributed by atoms with Crippen molar-refractivity contribution < 1.29 is 27.9 Å². The van der Waals surface area contributed by atoms with E-state index < -0.39 is 42.2 Å². The Kier molecular flexibility index (Phi) is 7.86. The third-order valence-corrected chi connectivity index (χ3v) is 7.86. The highest BCUT2D eigenvalue weighted by atomic mass is 19.4. The molecule has 1 aromatic heterocycles. The summed E-state index contributed by atoms with van der Waals surface area (Å²) in [5, 5.41) is 16.9. The number of fused-ring (bicyclic) bond motifs is 1. The van der Waals surface area contributed by atoms with Crippen LogP contribution in [0.4, 0.5) is 13.2 Å². The van der Waals surface area contributed by atoms with Gasteiger partial charge in [0.05, 0.1) is 29.8 Å². The van der Waals surface area contributed by atoms with Gasteiger partial charge in [-0.1, -0.05) is 24.3 Å². The van der Waals surface area contributed by atoms with Gasteiger partial charge in [0, 0.05) is 36.3 Å². The molecule has 0 radical (unpaired) electrons. The van der Waals surface area contributed by atoms with Crippen molar-refractivity contribution in [1.82, 2.24) is 20.5 Å². The molecule has 2 atom stereocenters. The third-order valence-electron chi connectivity index (χ3n) is 7.86. The molecule has 0 spiro atoms. The quantitative estimate of drug-likeness (QED) is 0.442. The second kappa shape index (κ2) is 11.3. The maximum absolute atomic E-state index is 12.9. The number of amides is 2. The summed E-state index contributed by atoms with van der Waals surface area (Å²) in [5.74, 6) is -0.823. The number of carbonyl (C=O) groups excluding carboxylic acids is 2. The minimum atomic E-state index is -4.56. The zero-order valence-electron chi connectivity index (χ0n) is 21.3. The number of rotatable bonds is 6. The molecule has 3 N–H and O–H groups in total. The summed E-state index contributed by atoms with van der Waals surface area (Å²) >= 11 is 0. The first-order chi connectivity index (χ1) is 18.7. The van der Waals surface area contributed by atoms with E-state index in [2.05, 4.69) is 32.7 Å². The molecule has 1 saturated carbocycles. The van der Waals surface area contributed by atoms with E-state index >= 15 is 0 Å². The molecule has 5 rings (SSSR count). The van der Waals surface area contributed by atoms with Gasteiger partial charge < -0.3 is 15.7 Å². The van der Waals surface area contributed by atoms with Crippen molar-refractivity contribution >= 4 is 22.7 Å². The number of pyridine rings is 1. The highest BCUT2D eigenvalue weighted by molar-refractivity contribution is 5.96. The first-order valence-corrected chi connectivity index (χ1v) is 13.2. The van der Waals surface area contributed by atoms with E-state index in [9.17, 15) is 27.9 Å². The summed E-state index contributed by atoms with van der Waals surface area (Å²) < 4.78 is 38.7. The van der Waals surface area contributed by atoms with Crippen LogP contribution in [0.25, 0.3) is 10.9 Å². The molecule has 1 aliphatic heterocycles. The lowest BCUT2D eigenvalue weighted by Gasteiger charge is -2.35. The lowest BCUT2D eigenvalue weighted by atomic mass is 9.80. The molecule has 1 aliphatic carbocycles. The average molecular weight is 541 g/mol. The Hall–Kier alpha value is -3.50. The molecule has 10 heteroatoms. The zero-order chi connectivity index (χ0) is 27.6. The van der Waals surface area contributed by atoms with Crippen LogP contribution in [-0.2, 0) is 11.0 Å². The van der Waals surface area contributed by atoms with Crippen molar-refractivity contribution in [3.8, 4) is 0 Å². The Morgan fingerprint density at radius 3 is 2.54 bits per heavy atom. The second-order valence-electron chi connectivity index (χ2n) is 10.4. The van der Waals surface area contributed by atoms with E-state index in [1.165, 1.54) is 17.0 Å². The van der Waals surface area contributed by atoms with E-state index in [0.717, 1.165) is 49.4 Å². The Balaban J connectivity index is 1.10. The number of nitrogens with one attached hydrogen (secondary N) is 2. The predicted octanol–water partition coefficient (Wildman–Crippen LogP) is 3.87. The van der Waals surface area contributed by atoms with Crippen LogP contribution in [0, 0.1) is 0 Å². The van der Waals surface area contributed by atoms with Crippen molar-refractivity contribution in [2.75, 3.05) is 19.6 Å². The number of alkyl halides is 3. The summed E-state index contributed by atoms with van der Waals surface area (Å²) in [5.41, 5.74) is 1.22. The number of halogens is 3. The van der Waals surface area contributed by atoms with Gasteiger partial charge in [-0.25, -0.2) is 0 Å². The van der Waals surface area contributed by atoms with Gasteiger partial charge in [-0.15, -0.1) is 0 Å². The fourth-order valence-corrected chi connectivity index (χ4v) is 5.84. The van der Waals surface area contributed by atoms with Crippen LogP contribution in [0.1, 0.15) is 53.1 Å². The van der Waals surface area contributed by atoms with E-state index in [1.807, 2.05) is 24.4 Å². The lowest BCUT2D eigenvalue weighted by molar-refractivity contribution is -0.137. The van der Waals surface area contributed by atoms with E-state index in [-0.39, 0.29) is 5.56 Å². The minimum Gasteiger partial charge on any atom is -0.390 e. The number of carbonyl (C=O) groups is 2. The standard InChI is InChI=1S/C29H31F3N4O3/c30-29(31,32)20-5-3-4-19(14-20)28(39)34-15-27(38)35-25-16-36(17-26(25)37)21-10-8-18(9-11-21)22-12-13-33-24-7-2-1-6-23(22)24/h1-7,12-14,18,21,25-26,37H,8-11,15-17H2,(H,34,39)(H,35,38)/t18?,21?,25?,26-/m0/s1. The van der Waals surface area contributed by atoms with Gasteiger partial charge in [-0.05, 0) is 67.5 Å². The van der Waals surface area contributed by atoms with Crippen LogP contribution in [-0.4, -0.2) is 64.6 Å². The number of aromatic nitrogens is 1. The smallest absolute Gasteiger partial charge is 0.390 e. The molecule has 2 amide bonds. The predicted molar refractivity (Wildman–Crippen MR) is 140 cm³/mol. The van der Waals surface area contributed by atoms with Crippen molar-refractivity contribution in [2.24, 2.45) is 0 Å². The first kappa shape index (κ1) is 27.1. The summed E-state index contributed by atoms with van der Waals surface area (Å²) in [4.78, 5) is 31.4. The zero-order valence-corrected chi connectivity index (χ0v) is 21.3. The van der Waals surface area contributed by atoms with Crippen LogP contribution in [0.3, 0.4) is 0 Å². The molecule has 1 unspecified atom stereocenters. The molecule has 2 aliphatic rings. The van der Waals surface area contributed by atoms with Crippen molar-refractivity contribution in [3.63, 3.8) is 0 Å². The largest absolute Gasteiger partial charge is 0.416 e. The number of nitrogens with zero attached hydrogens (tertiary/aromatic N) is 2. The van der Waals surface area contributed by atoms with Crippen molar-refractivity contribution in [2.45, 2.75) is 56.0 Å². The van der Waals surface area contributed by atoms with Crippen LogP contribution in [0.5, 0.6) is 0 Å². The number of likely N-dealkylation sites (tertiary alicyclic amines) is 1. The maximum Gasteiger partial charge on any atom is 0.416 e. The summed E-state index contributed by atoms with van der Waals surface area (Å²) in [7, 11) is 0. The molecular weight excluding hydrogens is 509 g/mol. The maximum atomic E-state index is 12.9. The molecule has 2 heterocycles. The molecule has 3 aromatic rings. The third kappa shape index (κ3) is 6.23. The molecule has 2 fully saturated rings. The normalized spacial score (nSPS) is 24.0.